The van der Waals surface area contributed by atoms with E-state index in [4.69, 9.17) is 34.8 Å². The minimum Gasteiger partial charge on any atom is -0.312 e. The molecule has 0 saturated carbocycles. The van der Waals surface area contributed by atoms with Gasteiger partial charge < -0.3 is 4.90 Å². The Morgan fingerprint density at radius 1 is 1.16 bits per heavy atom. The quantitative estimate of drug-likeness (QED) is 0.394. The van der Waals surface area contributed by atoms with Crippen LogP contribution in [0, 0.1) is 0 Å². The lowest BCUT2D eigenvalue weighted by atomic mass is 10.2. The van der Waals surface area contributed by atoms with E-state index in [2.05, 4.69) is 15.9 Å². The normalized spacial score (nSPS) is 19.8. The van der Waals surface area contributed by atoms with Crippen molar-refractivity contribution in [2.24, 2.45) is 0 Å². The van der Waals surface area contributed by atoms with Crippen molar-refractivity contribution >= 4 is 68.2 Å². The van der Waals surface area contributed by atoms with E-state index in [-0.39, 0.29) is 20.8 Å². The maximum Gasteiger partial charge on any atom is 0.432 e. The van der Waals surface area contributed by atoms with Crippen molar-refractivity contribution in [1.82, 2.24) is 0 Å². The largest absolute Gasteiger partial charge is 0.432 e. The second kappa shape index (κ2) is 5.56. The number of anilines is 1. The van der Waals surface area contributed by atoms with Crippen LogP contribution >= 0.6 is 62.5 Å². The van der Waals surface area contributed by atoms with Crippen LogP contribution in [0.15, 0.2) is 23.2 Å². The van der Waals surface area contributed by atoms with E-state index in [9.17, 15) is 13.2 Å². The first-order valence-electron chi connectivity index (χ1n) is 4.72. The summed E-state index contributed by atoms with van der Waals surface area (Å²) in [6.07, 6.45) is -4.50. The summed E-state index contributed by atoms with van der Waals surface area (Å²) in [6, 6.07) is 2.70. The number of nitrogens with zero attached hydrogens (tertiary/aromatic N) is 1. The molecule has 2 rings (SSSR count). The highest BCUT2D eigenvalue weighted by molar-refractivity contribution is 9.11. The highest BCUT2D eigenvalue weighted by atomic mass is 79.9. The predicted molar refractivity (Wildman–Crippen MR) is 78.4 cm³/mol. The maximum absolute atomic E-state index is 13.0. The minimum atomic E-state index is -4.50. The van der Waals surface area contributed by atoms with Gasteiger partial charge in [0.25, 0.3) is 0 Å². The molecular weight excluding hydrogens is 409 g/mol. The van der Waals surface area contributed by atoms with Gasteiger partial charge >= 0.3 is 6.18 Å². The summed E-state index contributed by atoms with van der Waals surface area (Å²) in [6.45, 7) is 0. The number of alkyl halides is 4. The lowest BCUT2D eigenvalue weighted by Gasteiger charge is -2.28. The standard InChI is InChI=1S/C10H4BrCl3F3NS/c11-9-18(7(3-19-9)10(15,16)17)8-5(13)1-4(12)2-6(8)14/h1-3,9H. The molecule has 19 heavy (non-hydrogen) atoms. The van der Waals surface area contributed by atoms with Gasteiger partial charge in [0.15, 0.2) is 0 Å². The molecule has 0 amide bonds. The predicted octanol–water partition coefficient (Wildman–Crippen LogP) is 6.28. The first kappa shape index (κ1) is 15.6. The van der Waals surface area contributed by atoms with Gasteiger partial charge in [-0.25, -0.2) is 0 Å². The molecule has 1 aliphatic rings. The average molecular weight is 413 g/mol. The third-order valence-electron chi connectivity index (χ3n) is 2.27. The molecule has 0 fully saturated rings. The summed E-state index contributed by atoms with van der Waals surface area (Å²) in [5.74, 6) is 0. The van der Waals surface area contributed by atoms with Crippen molar-refractivity contribution in [3.05, 3.63) is 38.3 Å². The zero-order valence-corrected chi connectivity index (χ0v) is 13.5. The summed E-state index contributed by atoms with van der Waals surface area (Å²) < 4.78 is 38.2. The average Bonchev–Trinajstić information content (AvgIpc) is 2.59. The molecule has 1 aliphatic heterocycles. The molecule has 1 nitrogen and oxygen atoms in total. The number of hydrogen-bond donors (Lipinski definition) is 0. The molecule has 1 unspecified atom stereocenters. The van der Waals surface area contributed by atoms with Crippen LogP contribution in [-0.2, 0) is 0 Å². The van der Waals surface area contributed by atoms with Crippen LogP contribution in [0.1, 0.15) is 0 Å². The number of benzene rings is 1. The minimum absolute atomic E-state index is 0.0552. The monoisotopic (exact) mass is 411 g/mol. The van der Waals surface area contributed by atoms with E-state index in [1.54, 1.807) is 0 Å². The van der Waals surface area contributed by atoms with Crippen molar-refractivity contribution in [2.45, 2.75) is 10.5 Å². The number of hydrogen-bond acceptors (Lipinski definition) is 2. The van der Waals surface area contributed by atoms with E-state index < -0.39 is 16.2 Å². The van der Waals surface area contributed by atoms with Crippen molar-refractivity contribution in [2.75, 3.05) is 4.90 Å². The molecule has 0 spiro atoms. The van der Waals surface area contributed by atoms with E-state index in [1.165, 1.54) is 12.1 Å². The highest BCUT2D eigenvalue weighted by Gasteiger charge is 2.44. The smallest absolute Gasteiger partial charge is 0.312 e. The summed E-state index contributed by atoms with van der Waals surface area (Å²) >= 11 is 21.8. The number of halogens is 7. The van der Waals surface area contributed by atoms with Crippen molar-refractivity contribution in [1.29, 1.82) is 0 Å². The maximum atomic E-state index is 13.0. The van der Waals surface area contributed by atoms with Gasteiger partial charge in [-0.1, -0.05) is 62.5 Å². The molecule has 0 aliphatic carbocycles. The van der Waals surface area contributed by atoms with E-state index in [0.29, 0.717) is 0 Å². The third-order valence-corrected chi connectivity index (χ3v) is 4.91. The third kappa shape index (κ3) is 3.13. The van der Waals surface area contributed by atoms with Gasteiger partial charge in [-0.15, -0.1) is 0 Å². The Balaban J connectivity index is 2.54. The van der Waals surface area contributed by atoms with E-state index in [0.717, 1.165) is 22.1 Å². The zero-order chi connectivity index (χ0) is 14.4. The fraction of sp³-hybridized carbons (Fsp3) is 0.200. The molecule has 1 atom stereocenters. The Labute approximate surface area is 134 Å². The van der Waals surface area contributed by atoms with Crippen molar-refractivity contribution < 1.29 is 13.2 Å². The Morgan fingerprint density at radius 2 is 1.68 bits per heavy atom. The van der Waals surface area contributed by atoms with Crippen LogP contribution in [0.3, 0.4) is 0 Å². The lowest BCUT2D eigenvalue weighted by molar-refractivity contribution is -0.0926. The second-order valence-electron chi connectivity index (χ2n) is 3.52. The molecule has 0 saturated heterocycles. The molecule has 0 bridgehead atoms. The van der Waals surface area contributed by atoms with Gasteiger partial charge in [0.2, 0.25) is 0 Å². The van der Waals surface area contributed by atoms with Crippen LogP contribution in [0.2, 0.25) is 15.1 Å². The molecule has 104 valence electrons. The molecular formula is C10H4BrCl3F3NS. The number of thioether (sulfide) groups is 1. The Hall–Kier alpha value is 0.250. The molecule has 0 N–H and O–H groups in total. The summed E-state index contributed by atoms with van der Waals surface area (Å²) in [4.78, 5) is 0.992. The fourth-order valence-electron chi connectivity index (χ4n) is 1.54. The molecule has 9 heteroatoms. The molecule has 0 aromatic heterocycles. The first-order chi connectivity index (χ1) is 8.71. The Kier molecular flexibility index (Phi) is 4.58. The van der Waals surface area contributed by atoms with Gasteiger partial charge in [0.1, 0.15) is 9.98 Å². The van der Waals surface area contributed by atoms with Gasteiger partial charge in [0, 0.05) is 10.4 Å². The van der Waals surface area contributed by atoms with Gasteiger partial charge in [-0.2, -0.15) is 13.2 Å². The number of allylic oxidation sites excluding steroid dienone is 1. The zero-order valence-electron chi connectivity index (χ0n) is 8.81. The van der Waals surface area contributed by atoms with E-state index in [1.807, 2.05) is 0 Å². The SMILES string of the molecule is FC(F)(F)C1=CSC(Br)N1c1c(Cl)cc(Cl)cc1Cl. The van der Waals surface area contributed by atoms with Crippen LogP contribution in [0.4, 0.5) is 18.9 Å². The van der Waals surface area contributed by atoms with E-state index >= 15 is 0 Å². The highest BCUT2D eigenvalue weighted by Crippen LogP contribution is 2.49. The van der Waals surface area contributed by atoms with Crippen molar-refractivity contribution in [3.63, 3.8) is 0 Å². The van der Waals surface area contributed by atoms with Gasteiger partial charge in [-0.3, -0.25) is 0 Å². The van der Waals surface area contributed by atoms with Crippen LogP contribution in [0.5, 0.6) is 0 Å². The van der Waals surface area contributed by atoms with Gasteiger partial charge in [-0.05, 0) is 12.1 Å². The fourth-order valence-corrected chi connectivity index (χ4v) is 4.11. The van der Waals surface area contributed by atoms with Crippen molar-refractivity contribution in [3.8, 4) is 0 Å². The summed E-state index contributed by atoms with van der Waals surface area (Å²) in [5, 5.41) is 1.38. The topological polar surface area (TPSA) is 3.24 Å². The second-order valence-corrected chi connectivity index (χ2v) is 7.20. The Morgan fingerprint density at radius 3 is 2.16 bits per heavy atom. The molecule has 1 aromatic carbocycles. The lowest BCUT2D eigenvalue weighted by Crippen LogP contribution is -2.32. The molecule has 1 aromatic rings. The first-order valence-corrected chi connectivity index (χ1v) is 7.71. The number of rotatable bonds is 1. The van der Waals surface area contributed by atoms with Crippen LogP contribution in [0.25, 0.3) is 0 Å². The van der Waals surface area contributed by atoms with Crippen LogP contribution in [-0.4, -0.2) is 10.5 Å². The Bertz CT molecular complexity index is 526. The summed E-state index contributed by atoms with van der Waals surface area (Å²) in [7, 11) is 0. The van der Waals surface area contributed by atoms with Crippen LogP contribution < -0.4 is 4.90 Å². The molecule has 1 heterocycles. The molecule has 0 radical (unpaired) electrons. The summed E-state index contributed by atoms with van der Waals surface area (Å²) in [5.41, 5.74) is -0.756. The van der Waals surface area contributed by atoms with Gasteiger partial charge in [0.05, 0.1) is 15.7 Å².